The van der Waals surface area contributed by atoms with Crippen LogP contribution >= 0.6 is 0 Å². The van der Waals surface area contributed by atoms with E-state index >= 15 is 0 Å². The summed E-state index contributed by atoms with van der Waals surface area (Å²) in [6, 6.07) is 26.9. The second-order valence-corrected chi connectivity index (χ2v) is 12.0. The molecule has 1 amide bonds. The molecule has 5 aromatic rings. The number of aliphatic hydroxyl groups is 1. The van der Waals surface area contributed by atoms with Gasteiger partial charge in [-0.05, 0) is 60.4 Å². The van der Waals surface area contributed by atoms with Crippen LogP contribution in [0.3, 0.4) is 0 Å². The highest BCUT2D eigenvalue weighted by molar-refractivity contribution is 6.04. The standard InChI is InChI=1S/C36H37N5O5/c42-23-24-10-12-25(13-11-24)33-20-30(22-40-17-14-29(15-18-40)41-32-9-2-1-8-31(32)39-36(41)44)45-35(46-33)26-5-3-7-28(19-26)38-34(43)27-6-4-16-37-21-27/h1-13,16,19,21,29-30,33,35,42H,14-15,17-18,20,22-23H2,(H,38,43)(H,39,44). The minimum absolute atomic E-state index is 0.0155. The average molecular weight is 620 g/mol. The maximum absolute atomic E-state index is 12.8. The molecule has 0 aliphatic carbocycles. The maximum atomic E-state index is 12.8. The van der Waals surface area contributed by atoms with E-state index in [1.54, 1.807) is 18.3 Å². The number of likely N-dealkylation sites (tertiary alicyclic amines) is 1. The Morgan fingerprint density at radius 2 is 1.78 bits per heavy atom. The number of aromatic nitrogens is 3. The predicted octanol–water partition coefficient (Wildman–Crippen LogP) is 5.35. The van der Waals surface area contributed by atoms with Crippen molar-refractivity contribution in [1.82, 2.24) is 19.4 Å². The lowest BCUT2D eigenvalue weighted by Crippen LogP contribution is -2.43. The molecular formula is C36H37N5O5. The third kappa shape index (κ3) is 6.52. The van der Waals surface area contributed by atoms with Crippen LogP contribution in [0.25, 0.3) is 11.0 Å². The summed E-state index contributed by atoms with van der Waals surface area (Å²) in [5.41, 5.74) is 5.56. The van der Waals surface area contributed by atoms with Crippen molar-refractivity contribution < 1.29 is 19.4 Å². The number of anilines is 1. The number of benzene rings is 3. The number of H-pyrrole nitrogens is 1. The van der Waals surface area contributed by atoms with Crippen LogP contribution in [0, 0.1) is 0 Å². The van der Waals surface area contributed by atoms with Crippen LogP contribution in [0.1, 0.15) is 64.7 Å². The summed E-state index contributed by atoms with van der Waals surface area (Å²) < 4.78 is 15.1. The number of para-hydroxylation sites is 2. The van der Waals surface area contributed by atoms with Gasteiger partial charge in [-0.3, -0.25) is 14.3 Å². The Morgan fingerprint density at radius 1 is 0.957 bits per heavy atom. The molecule has 3 atom stereocenters. The number of carbonyl (C=O) groups excluding carboxylic acids is 1. The minimum atomic E-state index is -0.640. The first-order chi connectivity index (χ1) is 22.5. The molecule has 10 nitrogen and oxygen atoms in total. The lowest BCUT2D eigenvalue weighted by molar-refractivity contribution is -0.253. The second kappa shape index (κ2) is 13.4. The number of hydrogen-bond donors (Lipinski definition) is 3. The number of amides is 1. The number of aromatic amines is 1. The van der Waals surface area contributed by atoms with Gasteiger partial charge in [0, 0.05) is 55.7 Å². The maximum Gasteiger partial charge on any atom is 0.326 e. The normalized spacial score (nSPS) is 20.9. The van der Waals surface area contributed by atoms with E-state index in [1.807, 2.05) is 77.4 Å². The highest BCUT2D eigenvalue weighted by Crippen LogP contribution is 2.39. The van der Waals surface area contributed by atoms with Crippen molar-refractivity contribution >= 4 is 22.6 Å². The molecule has 0 spiro atoms. The van der Waals surface area contributed by atoms with Crippen molar-refractivity contribution in [1.29, 1.82) is 0 Å². The van der Waals surface area contributed by atoms with Gasteiger partial charge in [0.05, 0.1) is 35.4 Å². The van der Waals surface area contributed by atoms with Gasteiger partial charge in [-0.25, -0.2) is 4.79 Å². The summed E-state index contributed by atoms with van der Waals surface area (Å²) in [6.07, 6.45) is 4.62. The zero-order chi connectivity index (χ0) is 31.5. The van der Waals surface area contributed by atoms with Gasteiger partial charge in [0.15, 0.2) is 6.29 Å². The second-order valence-electron chi connectivity index (χ2n) is 12.0. The third-order valence-corrected chi connectivity index (χ3v) is 8.96. The van der Waals surface area contributed by atoms with Gasteiger partial charge in [0.25, 0.3) is 5.91 Å². The Balaban J connectivity index is 1.07. The molecule has 3 N–H and O–H groups in total. The SMILES string of the molecule is O=C(Nc1cccc(C2OC(CN3CCC(n4c(=O)[nH]c5ccccc54)CC3)CC(c3ccc(CO)cc3)O2)c1)c1cccnc1. The zero-order valence-electron chi connectivity index (χ0n) is 25.4. The molecule has 0 bridgehead atoms. The zero-order valence-corrected chi connectivity index (χ0v) is 25.4. The lowest BCUT2D eigenvalue weighted by atomic mass is 9.98. The van der Waals surface area contributed by atoms with E-state index in [9.17, 15) is 14.7 Å². The van der Waals surface area contributed by atoms with Gasteiger partial charge in [-0.1, -0.05) is 48.5 Å². The van der Waals surface area contributed by atoms with Crippen LogP contribution < -0.4 is 11.0 Å². The number of aliphatic hydroxyl groups excluding tert-OH is 1. The third-order valence-electron chi connectivity index (χ3n) is 8.96. The largest absolute Gasteiger partial charge is 0.392 e. The quantitative estimate of drug-likeness (QED) is 0.214. The molecular weight excluding hydrogens is 582 g/mol. The van der Waals surface area contributed by atoms with Gasteiger partial charge < -0.3 is 29.8 Å². The first-order valence-corrected chi connectivity index (χ1v) is 15.8. The van der Waals surface area contributed by atoms with Crippen LogP contribution in [-0.2, 0) is 16.1 Å². The Morgan fingerprint density at radius 3 is 2.57 bits per heavy atom. The van der Waals surface area contributed by atoms with Crippen molar-refractivity contribution in [3.8, 4) is 0 Å². The fourth-order valence-corrected chi connectivity index (χ4v) is 6.58. The number of fused-ring (bicyclic) bond motifs is 1. The van der Waals surface area contributed by atoms with Crippen molar-refractivity contribution in [2.45, 2.75) is 50.4 Å². The lowest BCUT2D eigenvalue weighted by Gasteiger charge is -2.40. The summed E-state index contributed by atoms with van der Waals surface area (Å²) in [5.74, 6) is -0.242. The molecule has 0 saturated carbocycles. The van der Waals surface area contributed by atoms with Crippen LogP contribution in [-0.4, -0.2) is 56.2 Å². The molecule has 0 radical (unpaired) electrons. The van der Waals surface area contributed by atoms with Crippen LogP contribution in [0.4, 0.5) is 5.69 Å². The van der Waals surface area contributed by atoms with E-state index in [2.05, 4.69) is 20.2 Å². The molecule has 3 aromatic carbocycles. The molecule has 7 rings (SSSR count). The molecule has 2 fully saturated rings. The average Bonchev–Trinajstić information content (AvgIpc) is 3.44. The fourth-order valence-electron chi connectivity index (χ4n) is 6.58. The molecule has 2 aliphatic heterocycles. The van der Waals surface area contributed by atoms with Crippen molar-refractivity contribution in [2.75, 3.05) is 25.0 Å². The number of nitrogens with one attached hydrogen (secondary N) is 2. The Bertz CT molecular complexity index is 1850. The molecule has 2 saturated heterocycles. The van der Waals surface area contributed by atoms with Gasteiger partial charge in [0.1, 0.15) is 0 Å². The van der Waals surface area contributed by atoms with E-state index in [0.717, 1.165) is 60.2 Å². The number of hydrogen-bond acceptors (Lipinski definition) is 7. The first-order valence-electron chi connectivity index (χ1n) is 15.8. The van der Waals surface area contributed by atoms with Crippen LogP contribution in [0.5, 0.6) is 0 Å². The minimum Gasteiger partial charge on any atom is -0.392 e. The van der Waals surface area contributed by atoms with Crippen LogP contribution in [0.15, 0.2) is 102 Å². The predicted molar refractivity (Wildman–Crippen MR) is 174 cm³/mol. The molecule has 4 heterocycles. The highest BCUT2D eigenvalue weighted by Gasteiger charge is 2.34. The van der Waals surface area contributed by atoms with Gasteiger partial charge in [-0.15, -0.1) is 0 Å². The Labute approximate surface area is 266 Å². The van der Waals surface area contributed by atoms with E-state index in [4.69, 9.17) is 9.47 Å². The number of pyridine rings is 1. The molecule has 10 heteroatoms. The molecule has 3 unspecified atom stereocenters. The fraction of sp³-hybridized carbons (Fsp3) is 0.306. The molecule has 2 aliphatic rings. The van der Waals surface area contributed by atoms with E-state index in [-0.39, 0.29) is 36.5 Å². The summed E-state index contributed by atoms with van der Waals surface area (Å²) in [5, 5.41) is 12.5. The van der Waals surface area contributed by atoms with E-state index < -0.39 is 6.29 Å². The van der Waals surface area contributed by atoms with Gasteiger partial charge in [0.2, 0.25) is 0 Å². The van der Waals surface area contributed by atoms with Crippen molar-refractivity contribution in [3.05, 3.63) is 130 Å². The van der Waals surface area contributed by atoms with E-state index in [1.165, 1.54) is 6.20 Å². The van der Waals surface area contributed by atoms with Crippen molar-refractivity contribution in [3.63, 3.8) is 0 Å². The summed E-state index contributed by atoms with van der Waals surface area (Å²) in [7, 11) is 0. The topological polar surface area (TPSA) is 122 Å². The number of imidazole rings is 1. The smallest absolute Gasteiger partial charge is 0.326 e. The number of carbonyl (C=O) groups is 1. The molecule has 46 heavy (non-hydrogen) atoms. The Hall–Kier alpha value is -4.61. The summed E-state index contributed by atoms with van der Waals surface area (Å²) in [4.78, 5) is 35.0. The monoisotopic (exact) mass is 619 g/mol. The van der Waals surface area contributed by atoms with E-state index in [0.29, 0.717) is 17.7 Å². The van der Waals surface area contributed by atoms with Gasteiger partial charge in [-0.2, -0.15) is 0 Å². The van der Waals surface area contributed by atoms with Crippen LogP contribution in [0.2, 0.25) is 0 Å². The highest BCUT2D eigenvalue weighted by atomic mass is 16.7. The molecule has 2 aromatic heterocycles. The number of nitrogens with zero attached hydrogens (tertiary/aromatic N) is 3. The number of ether oxygens (including phenoxy) is 2. The first kappa shape index (κ1) is 30.1. The Kier molecular flexibility index (Phi) is 8.76. The van der Waals surface area contributed by atoms with Gasteiger partial charge >= 0.3 is 5.69 Å². The summed E-state index contributed by atoms with van der Waals surface area (Å²) >= 11 is 0. The number of piperidine rings is 1. The summed E-state index contributed by atoms with van der Waals surface area (Å²) in [6.45, 7) is 2.43. The van der Waals surface area contributed by atoms with Crippen molar-refractivity contribution in [2.24, 2.45) is 0 Å². The number of rotatable bonds is 8. The molecule has 236 valence electrons.